The number of anilines is 1. The Morgan fingerprint density at radius 1 is 1.16 bits per heavy atom. The molecule has 0 aliphatic rings. The van der Waals surface area contributed by atoms with Crippen LogP contribution in [0.2, 0.25) is 0 Å². The maximum Gasteiger partial charge on any atom is 0.411 e. The molecule has 0 fully saturated rings. The van der Waals surface area contributed by atoms with Gasteiger partial charge in [-0.15, -0.1) is 0 Å². The van der Waals surface area contributed by atoms with Crippen molar-refractivity contribution in [3.8, 4) is 0 Å². The number of rotatable bonds is 6. The second-order valence-electron chi connectivity index (χ2n) is 4.92. The number of nitrogens with one attached hydrogen (secondary N) is 1. The molecule has 0 saturated heterocycles. The van der Waals surface area contributed by atoms with Gasteiger partial charge in [-0.05, 0) is 19.1 Å². The van der Waals surface area contributed by atoms with Gasteiger partial charge < -0.3 is 19.3 Å². The van der Waals surface area contributed by atoms with E-state index in [1.165, 1.54) is 7.11 Å². The van der Waals surface area contributed by atoms with Crippen molar-refractivity contribution < 1.29 is 33.7 Å². The molecule has 1 aromatic rings. The van der Waals surface area contributed by atoms with Crippen LogP contribution in [0.4, 0.5) is 10.5 Å². The van der Waals surface area contributed by atoms with Gasteiger partial charge >= 0.3 is 12.1 Å². The summed E-state index contributed by atoms with van der Waals surface area (Å²) in [5.74, 6) is -2.33. The van der Waals surface area contributed by atoms with E-state index in [1.807, 2.05) is 6.92 Å². The van der Waals surface area contributed by atoms with Crippen LogP contribution in [0.1, 0.15) is 39.7 Å². The van der Waals surface area contributed by atoms with Gasteiger partial charge in [0.1, 0.15) is 0 Å². The first-order valence-corrected chi connectivity index (χ1v) is 7.69. The Hall–Kier alpha value is -2.61. The lowest BCUT2D eigenvalue weighted by atomic mass is 10.1. The predicted molar refractivity (Wildman–Crippen MR) is 91.1 cm³/mol. The summed E-state index contributed by atoms with van der Waals surface area (Å²) in [6.45, 7) is 6.71. The molecule has 8 nitrogen and oxygen atoms in total. The zero-order valence-corrected chi connectivity index (χ0v) is 15.1. The van der Waals surface area contributed by atoms with Gasteiger partial charge in [0.05, 0.1) is 7.11 Å². The topological polar surface area (TPSA) is 111 Å². The minimum Gasteiger partial charge on any atom is -0.481 e. The van der Waals surface area contributed by atoms with E-state index in [1.54, 1.807) is 38.1 Å². The molecular weight excluding hydrogens is 330 g/mol. The molecule has 140 valence electrons. The highest BCUT2D eigenvalue weighted by Gasteiger charge is 2.31. The molecule has 2 N–H and O–H groups in total. The molecule has 1 rings (SSSR count). The first-order chi connectivity index (χ1) is 11.7. The molecule has 0 aliphatic heterocycles. The van der Waals surface area contributed by atoms with E-state index in [9.17, 15) is 9.59 Å². The highest BCUT2D eigenvalue weighted by atomic mass is 16.7. The van der Waals surface area contributed by atoms with Crippen LogP contribution < -0.4 is 5.32 Å². The molecule has 0 saturated carbocycles. The Morgan fingerprint density at radius 2 is 1.68 bits per heavy atom. The molecule has 1 amide bonds. The Balaban J connectivity index is 0.00000129. The molecule has 0 aromatic heterocycles. The highest BCUT2D eigenvalue weighted by molar-refractivity contribution is 5.84. The first kappa shape index (κ1) is 22.4. The van der Waals surface area contributed by atoms with Crippen molar-refractivity contribution in [3.63, 3.8) is 0 Å². The first-order valence-electron chi connectivity index (χ1n) is 7.69. The molecule has 8 heteroatoms. The summed E-state index contributed by atoms with van der Waals surface area (Å²) in [5, 5.41) is 9.96. The fourth-order valence-corrected chi connectivity index (χ4v) is 1.76. The number of carbonyl (C=O) groups is 3. The Kier molecular flexibility index (Phi) is 9.88. The van der Waals surface area contributed by atoms with Gasteiger partial charge in [-0.3, -0.25) is 14.9 Å². The molecule has 1 atom stereocenters. The number of aliphatic carboxylic acids is 1. The number of methoxy groups -OCH3 is 1. The number of carboxylic acid groups (broad SMARTS) is 1. The lowest BCUT2D eigenvalue weighted by Gasteiger charge is -2.29. The summed E-state index contributed by atoms with van der Waals surface area (Å²) in [4.78, 5) is 31.7. The molecule has 0 spiro atoms. The van der Waals surface area contributed by atoms with E-state index in [-0.39, 0.29) is 12.4 Å². The maximum absolute atomic E-state index is 11.6. The Bertz CT molecular complexity index is 567. The third kappa shape index (κ3) is 8.71. The number of amides is 1. The summed E-state index contributed by atoms with van der Waals surface area (Å²) >= 11 is 0. The normalized spacial score (nSPS) is 12.0. The number of hydrogen-bond acceptors (Lipinski definition) is 6. The Morgan fingerprint density at radius 3 is 2.08 bits per heavy atom. The van der Waals surface area contributed by atoms with Crippen LogP contribution >= 0.6 is 0 Å². The third-order valence-corrected chi connectivity index (χ3v) is 2.86. The molecule has 0 bridgehead atoms. The van der Waals surface area contributed by atoms with Gasteiger partial charge in [0.15, 0.2) is 0 Å². The highest BCUT2D eigenvalue weighted by Crippen LogP contribution is 2.28. The third-order valence-electron chi connectivity index (χ3n) is 2.86. The van der Waals surface area contributed by atoms with Crippen LogP contribution in [0.15, 0.2) is 24.3 Å². The van der Waals surface area contributed by atoms with Gasteiger partial charge in [0, 0.05) is 38.1 Å². The number of hydrogen-bond donors (Lipinski definition) is 2. The van der Waals surface area contributed by atoms with Crippen molar-refractivity contribution in [2.24, 2.45) is 0 Å². The Labute approximate surface area is 147 Å². The van der Waals surface area contributed by atoms with E-state index in [0.717, 1.165) is 6.92 Å². The van der Waals surface area contributed by atoms with Gasteiger partial charge in [-0.2, -0.15) is 0 Å². The van der Waals surface area contributed by atoms with Crippen LogP contribution in [-0.2, 0) is 29.6 Å². The molecule has 1 aromatic carbocycles. The summed E-state index contributed by atoms with van der Waals surface area (Å²) < 4.78 is 15.5. The summed E-state index contributed by atoms with van der Waals surface area (Å²) in [6, 6.07) is 6.82. The zero-order valence-electron chi connectivity index (χ0n) is 15.1. The van der Waals surface area contributed by atoms with E-state index in [4.69, 9.17) is 19.4 Å². The lowest BCUT2D eigenvalue weighted by Crippen LogP contribution is -2.32. The number of carbonyl (C=O) groups excluding carboxylic acids is 2. The average Bonchev–Trinajstić information content (AvgIpc) is 2.54. The van der Waals surface area contributed by atoms with Crippen molar-refractivity contribution in [1.82, 2.24) is 0 Å². The van der Waals surface area contributed by atoms with Crippen LogP contribution in [0.5, 0.6) is 0 Å². The van der Waals surface area contributed by atoms with Crippen LogP contribution in [0, 0.1) is 0 Å². The van der Waals surface area contributed by atoms with Crippen molar-refractivity contribution in [3.05, 3.63) is 29.8 Å². The molecular formula is C17H25NO7. The molecule has 25 heavy (non-hydrogen) atoms. The van der Waals surface area contributed by atoms with Crippen LogP contribution in [0.25, 0.3) is 0 Å². The fourth-order valence-electron chi connectivity index (χ4n) is 1.76. The van der Waals surface area contributed by atoms with Crippen molar-refractivity contribution in [2.75, 3.05) is 19.0 Å². The number of ether oxygens (including phenoxy) is 3. The number of carboxylic acids is 1. The predicted octanol–water partition coefficient (Wildman–Crippen LogP) is 3.12. The van der Waals surface area contributed by atoms with E-state index < -0.39 is 17.8 Å². The minimum absolute atomic E-state index is 0.268. The van der Waals surface area contributed by atoms with E-state index >= 15 is 0 Å². The minimum atomic E-state index is -1.15. The van der Waals surface area contributed by atoms with Crippen molar-refractivity contribution >= 4 is 23.7 Å². The largest absolute Gasteiger partial charge is 0.481 e. The van der Waals surface area contributed by atoms with Gasteiger partial charge in [-0.1, -0.05) is 19.1 Å². The maximum atomic E-state index is 11.6. The molecule has 0 aliphatic carbocycles. The lowest BCUT2D eigenvalue weighted by molar-refractivity contribution is -0.228. The van der Waals surface area contributed by atoms with E-state index in [2.05, 4.69) is 10.1 Å². The quantitative estimate of drug-likeness (QED) is 0.595. The second-order valence-corrected chi connectivity index (χ2v) is 4.92. The molecule has 1 unspecified atom stereocenters. The monoisotopic (exact) mass is 355 g/mol. The SMILES string of the molecule is CC(=O)O.CCOC(C)(OC(=O)CC)c1ccc(NC(=O)OC)cc1. The van der Waals surface area contributed by atoms with Crippen LogP contribution in [-0.4, -0.2) is 36.9 Å². The number of esters is 1. The smallest absolute Gasteiger partial charge is 0.411 e. The zero-order chi connectivity index (χ0) is 19.5. The summed E-state index contributed by atoms with van der Waals surface area (Å²) in [6.07, 6.45) is -0.280. The van der Waals surface area contributed by atoms with E-state index in [0.29, 0.717) is 17.9 Å². The summed E-state index contributed by atoms with van der Waals surface area (Å²) in [7, 11) is 1.29. The van der Waals surface area contributed by atoms with Crippen molar-refractivity contribution in [1.29, 1.82) is 0 Å². The van der Waals surface area contributed by atoms with Crippen LogP contribution in [0.3, 0.4) is 0 Å². The standard InChI is InChI=1S/C15H21NO5.C2H4O2/c1-5-13(17)21-15(3,20-6-2)11-7-9-12(10-8-11)16-14(18)19-4;1-2(3)4/h7-10H,5-6H2,1-4H3,(H,16,18);1H3,(H,3,4). The average molecular weight is 355 g/mol. The number of benzene rings is 1. The van der Waals surface area contributed by atoms with Gasteiger partial charge in [0.2, 0.25) is 5.79 Å². The van der Waals surface area contributed by atoms with Gasteiger partial charge in [0.25, 0.3) is 5.97 Å². The fraction of sp³-hybridized carbons (Fsp3) is 0.471. The van der Waals surface area contributed by atoms with Crippen molar-refractivity contribution in [2.45, 2.75) is 39.9 Å². The summed E-state index contributed by atoms with van der Waals surface area (Å²) in [5.41, 5.74) is 1.26. The molecule has 0 heterocycles. The second kappa shape index (κ2) is 11.0. The molecule has 0 radical (unpaired) electrons. The van der Waals surface area contributed by atoms with Gasteiger partial charge in [-0.25, -0.2) is 4.79 Å².